The number of ether oxygens (including phenoxy) is 1. The number of Topliss-reactive ketones (excluding diaryl/α,β-unsaturated/α-hetero) is 1. The molecule has 1 aliphatic carbocycles. The van der Waals surface area contributed by atoms with Crippen molar-refractivity contribution in [3.63, 3.8) is 0 Å². The van der Waals surface area contributed by atoms with Gasteiger partial charge in [-0.3, -0.25) is 9.59 Å². The molecule has 2 unspecified atom stereocenters. The van der Waals surface area contributed by atoms with E-state index in [1.54, 1.807) is 12.1 Å². The molecule has 2 atom stereocenters. The number of aliphatic hydroxyl groups excluding tert-OH is 1. The average Bonchev–Trinajstić information content (AvgIpc) is 2.74. The van der Waals surface area contributed by atoms with Gasteiger partial charge in [-0.25, -0.2) is 0 Å². The van der Waals surface area contributed by atoms with Gasteiger partial charge in [-0.15, -0.1) is 0 Å². The van der Waals surface area contributed by atoms with E-state index in [-0.39, 0.29) is 28.7 Å². The number of nitrogens with one attached hydrogen (secondary N) is 2. The fraction of sp³-hybridized carbons (Fsp3) is 0.273. The summed E-state index contributed by atoms with van der Waals surface area (Å²) in [5.74, 6) is 0.0136. The topological polar surface area (TPSA) is 108 Å². The molecule has 3 rings (SSSR count). The quantitative estimate of drug-likeness (QED) is 0.381. The summed E-state index contributed by atoms with van der Waals surface area (Å²) in [5, 5.41) is 26.4. The molecule has 0 saturated carbocycles. The van der Waals surface area contributed by atoms with E-state index in [4.69, 9.17) is 4.74 Å². The lowest BCUT2D eigenvalue weighted by molar-refractivity contribution is -0.124. The SMILES string of the molecule is CCOc1cccc(C(CC)NC2=C(Nc3cccc(C=O)c3O)C(=O)C2O)c1. The predicted molar refractivity (Wildman–Crippen MR) is 109 cm³/mol. The van der Waals surface area contributed by atoms with Crippen LogP contribution < -0.4 is 15.4 Å². The molecular formula is C22H24N2O5. The van der Waals surface area contributed by atoms with Gasteiger partial charge < -0.3 is 25.6 Å². The zero-order valence-corrected chi connectivity index (χ0v) is 16.3. The summed E-state index contributed by atoms with van der Waals surface area (Å²) in [6.07, 6.45) is -0.0265. The zero-order valence-electron chi connectivity index (χ0n) is 16.3. The number of para-hydroxylation sites is 1. The minimum absolute atomic E-state index is 0.108. The first-order chi connectivity index (χ1) is 14.0. The van der Waals surface area contributed by atoms with Crippen LogP contribution in [0.25, 0.3) is 0 Å². The van der Waals surface area contributed by atoms with Crippen molar-refractivity contribution in [2.24, 2.45) is 0 Å². The largest absolute Gasteiger partial charge is 0.505 e. The third-order valence-corrected chi connectivity index (χ3v) is 4.80. The highest BCUT2D eigenvalue weighted by atomic mass is 16.5. The van der Waals surface area contributed by atoms with Crippen molar-refractivity contribution in [2.75, 3.05) is 11.9 Å². The maximum Gasteiger partial charge on any atom is 0.215 e. The molecule has 0 fully saturated rings. The number of phenols is 1. The van der Waals surface area contributed by atoms with Crippen molar-refractivity contribution in [1.82, 2.24) is 5.32 Å². The Morgan fingerprint density at radius 1 is 1.21 bits per heavy atom. The van der Waals surface area contributed by atoms with Crippen molar-refractivity contribution in [2.45, 2.75) is 32.4 Å². The highest BCUT2D eigenvalue weighted by molar-refractivity contribution is 6.10. The van der Waals surface area contributed by atoms with Gasteiger partial charge in [-0.05, 0) is 43.2 Å². The van der Waals surface area contributed by atoms with Crippen molar-refractivity contribution >= 4 is 17.8 Å². The summed E-state index contributed by atoms with van der Waals surface area (Å²) in [5.41, 5.74) is 1.80. The molecule has 0 spiro atoms. The molecule has 7 nitrogen and oxygen atoms in total. The number of aldehydes is 1. The van der Waals surface area contributed by atoms with Gasteiger partial charge >= 0.3 is 0 Å². The number of carbonyl (C=O) groups excluding carboxylic acids is 2. The molecular weight excluding hydrogens is 372 g/mol. The standard InChI is InChI=1S/C22H24N2O5/c1-3-16(13-7-5-9-15(11-13)29-4-2)23-18-19(22(28)21(18)27)24-17-10-6-8-14(12-25)20(17)26/h5-12,16,21,23-24,26-27H,3-4H2,1-2H3. The highest BCUT2D eigenvalue weighted by Crippen LogP contribution is 2.33. The molecule has 0 saturated heterocycles. The van der Waals surface area contributed by atoms with E-state index in [1.807, 2.05) is 38.1 Å². The molecule has 0 aromatic heterocycles. The third-order valence-electron chi connectivity index (χ3n) is 4.80. The Morgan fingerprint density at radius 2 is 1.97 bits per heavy atom. The van der Waals surface area contributed by atoms with E-state index in [0.29, 0.717) is 25.0 Å². The van der Waals surface area contributed by atoms with Gasteiger partial charge in [0.2, 0.25) is 5.78 Å². The van der Waals surface area contributed by atoms with Crippen molar-refractivity contribution in [1.29, 1.82) is 0 Å². The minimum Gasteiger partial charge on any atom is -0.505 e. The Morgan fingerprint density at radius 3 is 2.66 bits per heavy atom. The number of carbonyl (C=O) groups is 2. The number of rotatable bonds is 9. The second kappa shape index (κ2) is 8.79. The summed E-state index contributed by atoms with van der Waals surface area (Å²) in [6.45, 7) is 4.46. The predicted octanol–water partition coefficient (Wildman–Crippen LogP) is 2.91. The Bertz CT molecular complexity index is 954. The highest BCUT2D eigenvalue weighted by Gasteiger charge is 2.39. The molecule has 2 aromatic rings. The number of aromatic hydroxyl groups is 1. The van der Waals surface area contributed by atoms with E-state index in [2.05, 4.69) is 10.6 Å². The van der Waals surface area contributed by atoms with Crippen LogP contribution in [0, 0.1) is 0 Å². The third kappa shape index (κ3) is 4.09. The van der Waals surface area contributed by atoms with Crippen LogP contribution >= 0.6 is 0 Å². The van der Waals surface area contributed by atoms with E-state index >= 15 is 0 Å². The lowest BCUT2D eigenvalue weighted by atomic mass is 9.92. The van der Waals surface area contributed by atoms with Crippen LogP contribution in [-0.2, 0) is 4.79 Å². The smallest absolute Gasteiger partial charge is 0.215 e. The van der Waals surface area contributed by atoms with E-state index in [9.17, 15) is 19.8 Å². The zero-order chi connectivity index (χ0) is 21.0. The average molecular weight is 396 g/mol. The van der Waals surface area contributed by atoms with Crippen molar-refractivity contribution in [3.05, 3.63) is 65.0 Å². The first-order valence-corrected chi connectivity index (χ1v) is 9.50. The van der Waals surface area contributed by atoms with Crippen LogP contribution in [0.3, 0.4) is 0 Å². The number of anilines is 1. The monoisotopic (exact) mass is 396 g/mol. The van der Waals surface area contributed by atoms with Crippen LogP contribution in [0.4, 0.5) is 5.69 Å². The number of aliphatic hydroxyl groups is 1. The van der Waals surface area contributed by atoms with Gasteiger partial charge in [0.05, 0.1) is 29.6 Å². The minimum atomic E-state index is -1.27. The van der Waals surface area contributed by atoms with E-state index < -0.39 is 11.9 Å². The van der Waals surface area contributed by atoms with Gasteiger partial charge in [-0.2, -0.15) is 0 Å². The molecule has 0 amide bonds. The molecule has 7 heteroatoms. The Balaban J connectivity index is 1.87. The van der Waals surface area contributed by atoms with E-state index in [0.717, 1.165) is 11.3 Å². The van der Waals surface area contributed by atoms with Gasteiger partial charge in [-0.1, -0.05) is 25.1 Å². The Kier molecular flexibility index (Phi) is 6.19. The number of hydrogen-bond donors (Lipinski definition) is 4. The molecule has 4 N–H and O–H groups in total. The number of hydrogen-bond acceptors (Lipinski definition) is 7. The van der Waals surface area contributed by atoms with Crippen LogP contribution in [0.1, 0.15) is 42.2 Å². The van der Waals surface area contributed by atoms with E-state index in [1.165, 1.54) is 6.07 Å². The van der Waals surface area contributed by atoms with Crippen LogP contribution in [0.15, 0.2) is 53.9 Å². The summed E-state index contributed by atoms with van der Waals surface area (Å²) in [6, 6.07) is 12.1. The second-order valence-electron chi connectivity index (χ2n) is 6.65. The van der Waals surface area contributed by atoms with Crippen molar-refractivity contribution in [3.8, 4) is 11.5 Å². The van der Waals surface area contributed by atoms with Gasteiger partial charge in [0, 0.05) is 0 Å². The molecule has 0 heterocycles. The Labute approximate surface area is 169 Å². The molecule has 0 radical (unpaired) electrons. The number of phenolic OH excluding ortho intramolecular Hbond substituents is 1. The molecule has 2 aromatic carbocycles. The lowest BCUT2D eigenvalue weighted by Gasteiger charge is -2.33. The van der Waals surface area contributed by atoms with Gasteiger partial charge in [0.1, 0.15) is 17.2 Å². The maximum atomic E-state index is 12.2. The van der Waals surface area contributed by atoms with Crippen LogP contribution in [-0.4, -0.2) is 35.0 Å². The molecule has 152 valence electrons. The number of benzene rings is 2. The second-order valence-corrected chi connectivity index (χ2v) is 6.65. The lowest BCUT2D eigenvalue weighted by Crippen LogP contribution is -2.46. The molecule has 1 aliphatic rings. The van der Waals surface area contributed by atoms with Crippen molar-refractivity contribution < 1.29 is 24.5 Å². The summed E-state index contributed by atoms with van der Waals surface area (Å²) in [4.78, 5) is 23.2. The first-order valence-electron chi connectivity index (χ1n) is 9.50. The fourth-order valence-corrected chi connectivity index (χ4v) is 3.23. The summed E-state index contributed by atoms with van der Waals surface area (Å²) >= 11 is 0. The summed E-state index contributed by atoms with van der Waals surface area (Å²) < 4.78 is 5.55. The van der Waals surface area contributed by atoms with Gasteiger partial charge in [0.25, 0.3) is 0 Å². The molecule has 29 heavy (non-hydrogen) atoms. The normalized spacial score (nSPS) is 16.8. The maximum absolute atomic E-state index is 12.2. The first kappa shape index (κ1) is 20.4. The molecule has 0 bridgehead atoms. The van der Waals surface area contributed by atoms with Crippen LogP contribution in [0.5, 0.6) is 11.5 Å². The summed E-state index contributed by atoms with van der Waals surface area (Å²) in [7, 11) is 0. The van der Waals surface area contributed by atoms with Crippen LogP contribution in [0.2, 0.25) is 0 Å². The fourth-order valence-electron chi connectivity index (χ4n) is 3.23. The van der Waals surface area contributed by atoms with Gasteiger partial charge in [0.15, 0.2) is 12.4 Å². The molecule has 0 aliphatic heterocycles. The Hall–Kier alpha value is -3.32. The number of ketones is 1.